The second-order valence-electron chi connectivity index (χ2n) is 4.65. The summed E-state index contributed by atoms with van der Waals surface area (Å²) >= 11 is 0. The van der Waals surface area contributed by atoms with Gasteiger partial charge in [0.15, 0.2) is 0 Å². The number of H-pyrrole nitrogens is 1. The zero-order valence-corrected chi connectivity index (χ0v) is 10.5. The second kappa shape index (κ2) is 4.35. The van der Waals surface area contributed by atoms with Crippen LogP contribution in [0, 0.1) is 0 Å². The minimum absolute atomic E-state index is 0.0960. The molecule has 1 aliphatic rings. The second-order valence-corrected chi connectivity index (χ2v) is 4.65. The van der Waals surface area contributed by atoms with Crippen LogP contribution in [0.15, 0.2) is 41.5 Å². The van der Waals surface area contributed by atoms with Gasteiger partial charge in [-0.15, -0.1) is 0 Å². The predicted octanol–water partition coefficient (Wildman–Crippen LogP) is 1.36. The maximum atomic E-state index is 12.5. The van der Waals surface area contributed by atoms with Gasteiger partial charge in [0.2, 0.25) is 0 Å². The van der Waals surface area contributed by atoms with Crippen molar-refractivity contribution in [2.45, 2.75) is 19.4 Å². The molecule has 0 radical (unpaired) electrons. The number of nitrogens with zero attached hydrogens (tertiary/aromatic N) is 2. The van der Waals surface area contributed by atoms with Gasteiger partial charge >= 0.3 is 0 Å². The smallest absolute Gasteiger partial charge is 0.278 e. The van der Waals surface area contributed by atoms with Crippen molar-refractivity contribution < 1.29 is 4.79 Å². The number of amides is 1. The topological polar surface area (TPSA) is 66.1 Å². The summed E-state index contributed by atoms with van der Waals surface area (Å²) in [4.78, 5) is 31.6. The number of aromatic amines is 1. The Kier molecular flexibility index (Phi) is 2.67. The summed E-state index contributed by atoms with van der Waals surface area (Å²) in [5.74, 6) is -0.186. The fraction of sp³-hybridized carbons (Fsp3) is 0.214. The normalized spacial score (nSPS) is 17.3. The number of rotatable bonds is 1. The van der Waals surface area contributed by atoms with Crippen LogP contribution >= 0.6 is 0 Å². The van der Waals surface area contributed by atoms with Crippen molar-refractivity contribution in [3.8, 4) is 0 Å². The number of carbonyl (C=O) groups excluding carboxylic acids is 1. The van der Waals surface area contributed by atoms with E-state index in [9.17, 15) is 9.59 Å². The Morgan fingerprint density at radius 1 is 1.42 bits per heavy atom. The average Bonchev–Trinajstić information content (AvgIpc) is 2.74. The van der Waals surface area contributed by atoms with Gasteiger partial charge in [-0.05, 0) is 25.0 Å². The maximum Gasteiger partial charge on any atom is 0.278 e. The Hall–Kier alpha value is -2.43. The predicted molar refractivity (Wildman–Crippen MR) is 71.3 cm³/mol. The molecule has 1 aromatic carbocycles. The molecule has 96 valence electrons. The lowest BCUT2D eigenvalue weighted by Crippen LogP contribution is -2.36. The molecule has 5 nitrogen and oxygen atoms in total. The summed E-state index contributed by atoms with van der Waals surface area (Å²) in [6.45, 7) is 2.00. The molecule has 0 saturated heterocycles. The van der Waals surface area contributed by atoms with Crippen LogP contribution < -0.4 is 10.5 Å². The highest BCUT2D eigenvalue weighted by Gasteiger charge is 2.31. The minimum atomic E-state index is -0.313. The van der Waals surface area contributed by atoms with Gasteiger partial charge < -0.3 is 9.88 Å². The number of benzene rings is 1. The molecule has 19 heavy (non-hydrogen) atoms. The third-order valence-electron chi connectivity index (χ3n) is 3.32. The largest absolute Gasteiger partial charge is 0.325 e. The van der Waals surface area contributed by atoms with Gasteiger partial charge in [-0.2, -0.15) is 0 Å². The molecular weight excluding hydrogens is 242 g/mol. The zero-order chi connectivity index (χ0) is 13.4. The van der Waals surface area contributed by atoms with Crippen molar-refractivity contribution in [3.05, 3.63) is 58.3 Å². The summed E-state index contributed by atoms with van der Waals surface area (Å²) in [7, 11) is 0. The first-order valence-corrected chi connectivity index (χ1v) is 6.13. The monoisotopic (exact) mass is 255 g/mol. The van der Waals surface area contributed by atoms with Gasteiger partial charge in [0, 0.05) is 17.9 Å². The average molecular weight is 255 g/mol. The fourth-order valence-electron chi connectivity index (χ4n) is 2.46. The molecule has 1 aromatic heterocycles. The van der Waals surface area contributed by atoms with Gasteiger partial charge in [-0.25, -0.2) is 4.98 Å². The molecule has 2 heterocycles. The van der Waals surface area contributed by atoms with Crippen LogP contribution in [0.25, 0.3) is 0 Å². The summed E-state index contributed by atoms with van der Waals surface area (Å²) in [5, 5.41) is 0. The molecule has 1 amide bonds. The molecule has 0 spiro atoms. The summed E-state index contributed by atoms with van der Waals surface area (Å²) in [6.07, 6.45) is 3.32. The summed E-state index contributed by atoms with van der Waals surface area (Å²) < 4.78 is 0. The molecular formula is C14H13N3O2. The van der Waals surface area contributed by atoms with E-state index in [1.54, 1.807) is 4.90 Å². The highest BCUT2D eigenvalue weighted by atomic mass is 16.2. The van der Waals surface area contributed by atoms with E-state index in [1.807, 2.05) is 31.2 Å². The number of fused-ring (bicyclic) bond motifs is 1. The molecule has 0 bridgehead atoms. The van der Waals surface area contributed by atoms with E-state index in [1.165, 1.54) is 6.20 Å². The highest BCUT2D eigenvalue weighted by Crippen LogP contribution is 2.32. The number of carbonyl (C=O) groups is 1. The molecule has 1 aliphatic heterocycles. The Bertz CT molecular complexity index is 673. The van der Waals surface area contributed by atoms with Crippen molar-refractivity contribution in [1.82, 2.24) is 9.97 Å². The Morgan fingerprint density at radius 3 is 2.95 bits per heavy atom. The van der Waals surface area contributed by atoms with E-state index in [0.717, 1.165) is 23.9 Å². The van der Waals surface area contributed by atoms with Crippen molar-refractivity contribution in [1.29, 1.82) is 0 Å². The van der Waals surface area contributed by atoms with E-state index in [0.29, 0.717) is 0 Å². The van der Waals surface area contributed by atoms with E-state index in [2.05, 4.69) is 9.97 Å². The van der Waals surface area contributed by atoms with Crippen LogP contribution in [0.2, 0.25) is 0 Å². The van der Waals surface area contributed by atoms with Crippen molar-refractivity contribution in [2.75, 3.05) is 4.90 Å². The molecule has 1 atom stereocenters. The van der Waals surface area contributed by atoms with Gasteiger partial charge in [0.25, 0.3) is 11.5 Å². The van der Waals surface area contributed by atoms with Crippen LogP contribution in [0.4, 0.5) is 5.69 Å². The zero-order valence-electron chi connectivity index (χ0n) is 10.5. The van der Waals surface area contributed by atoms with Gasteiger partial charge in [0.1, 0.15) is 5.69 Å². The molecule has 2 aromatic rings. The third kappa shape index (κ3) is 1.93. The number of hydrogen-bond acceptors (Lipinski definition) is 3. The van der Waals surface area contributed by atoms with Gasteiger partial charge in [0.05, 0.1) is 6.20 Å². The SMILES string of the molecule is CC1Cc2ccccc2N1C(=O)c1c[nH]c(=O)cn1. The highest BCUT2D eigenvalue weighted by molar-refractivity contribution is 6.06. The lowest BCUT2D eigenvalue weighted by molar-refractivity contribution is 0.0976. The lowest BCUT2D eigenvalue weighted by Gasteiger charge is -2.22. The first kappa shape index (κ1) is 11.6. The summed E-state index contributed by atoms with van der Waals surface area (Å²) in [6, 6.07) is 7.94. The van der Waals surface area contributed by atoms with Crippen molar-refractivity contribution >= 4 is 11.6 Å². The molecule has 3 rings (SSSR count). The maximum absolute atomic E-state index is 12.5. The molecule has 1 N–H and O–H groups in total. The number of hydrogen-bond donors (Lipinski definition) is 1. The van der Waals surface area contributed by atoms with E-state index < -0.39 is 0 Å². The molecule has 0 fully saturated rings. The van der Waals surface area contributed by atoms with Crippen LogP contribution in [0.1, 0.15) is 23.0 Å². The molecule has 5 heteroatoms. The van der Waals surface area contributed by atoms with Crippen LogP contribution in [0.3, 0.4) is 0 Å². The van der Waals surface area contributed by atoms with Crippen LogP contribution in [-0.2, 0) is 6.42 Å². The van der Waals surface area contributed by atoms with Crippen LogP contribution in [-0.4, -0.2) is 21.9 Å². The van der Waals surface area contributed by atoms with E-state index in [-0.39, 0.29) is 23.2 Å². The Morgan fingerprint density at radius 2 is 2.21 bits per heavy atom. The van der Waals surface area contributed by atoms with Crippen molar-refractivity contribution in [3.63, 3.8) is 0 Å². The van der Waals surface area contributed by atoms with E-state index in [4.69, 9.17) is 0 Å². The minimum Gasteiger partial charge on any atom is -0.325 e. The van der Waals surface area contributed by atoms with Crippen LogP contribution in [0.5, 0.6) is 0 Å². The Balaban J connectivity index is 2.00. The van der Waals surface area contributed by atoms with Gasteiger partial charge in [-0.3, -0.25) is 9.59 Å². The molecule has 0 saturated carbocycles. The molecule has 0 aliphatic carbocycles. The Labute approximate surface area is 109 Å². The standard InChI is InChI=1S/C14H13N3O2/c1-9-6-10-4-2-3-5-12(10)17(9)14(19)11-7-16-13(18)8-15-11/h2-5,7-9H,6H2,1H3,(H,16,18). The number of para-hydroxylation sites is 1. The first-order chi connectivity index (χ1) is 9.16. The van der Waals surface area contributed by atoms with Gasteiger partial charge in [-0.1, -0.05) is 18.2 Å². The van der Waals surface area contributed by atoms with Crippen molar-refractivity contribution in [2.24, 2.45) is 0 Å². The van der Waals surface area contributed by atoms with E-state index >= 15 is 0 Å². The first-order valence-electron chi connectivity index (χ1n) is 6.13. The summed E-state index contributed by atoms with van der Waals surface area (Å²) in [5.41, 5.74) is 2.02. The fourth-order valence-corrected chi connectivity index (χ4v) is 2.46. The third-order valence-corrected chi connectivity index (χ3v) is 3.32. The number of anilines is 1. The number of nitrogens with one attached hydrogen (secondary N) is 1. The number of aromatic nitrogens is 2. The lowest BCUT2D eigenvalue weighted by atomic mass is 10.1. The molecule has 1 unspecified atom stereocenters. The quantitative estimate of drug-likeness (QED) is 0.836.